The first kappa shape index (κ1) is 46.2. The zero-order valence-electron chi connectivity index (χ0n) is 35.7. The van der Waals surface area contributed by atoms with E-state index in [0.29, 0.717) is 67.8 Å². The highest BCUT2D eigenvalue weighted by atomic mass is 35.5. The summed E-state index contributed by atoms with van der Waals surface area (Å²) in [5.74, 6) is -2.64. The standard InChI is InChI=1S/C46H53ClN6O11/c1-2-63-40-27-38(55)33(25-30(40)28-52-14-4-6-35(52)43(48)57)37(54)12-9-29-8-10-31(26-34(29)47)51-17-15-50(16-18-51)19-20-61-21-22-62-23-24-64-39-7-3-5-32-42(39)46(60)53(45(32)59)36-11-13-41(56)49-44(36)58/h3,5,7-10,12,25-27,35-36,55H,2,4,6,11,13-24,28H2,1H3,(H2,48,57)(H,49,56,58)/b12-9+/t35-,36?/m0/s1. The van der Waals surface area contributed by atoms with Gasteiger partial charge in [0.05, 0.1) is 55.8 Å². The number of halogens is 1. The normalized spacial score (nSPS) is 19.4. The Morgan fingerprint density at radius 2 is 1.66 bits per heavy atom. The lowest BCUT2D eigenvalue weighted by Crippen LogP contribution is -2.54. The lowest BCUT2D eigenvalue weighted by molar-refractivity contribution is -0.136. The van der Waals surface area contributed by atoms with E-state index in [1.165, 1.54) is 18.2 Å². The zero-order valence-corrected chi connectivity index (χ0v) is 36.5. The third-order valence-corrected chi connectivity index (χ3v) is 12.1. The van der Waals surface area contributed by atoms with Crippen molar-refractivity contribution in [3.63, 3.8) is 0 Å². The predicted molar refractivity (Wildman–Crippen MR) is 236 cm³/mol. The van der Waals surface area contributed by atoms with Crippen molar-refractivity contribution < 1.29 is 52.8 Å². The quantitative estimate of drug-likeness (QED) is 0.0643. The molecule has 4 N–H and O–H groups in total. The van der Waals surface area contributed by atoms with Crippen molar-refractivity contribution in [2.75, 3.05) is 83.8 Å². The van der Waals surface area contributed by atoms with Crippen molar-refractivity contribution in [2.24, 2.45) is 5.73 Å². The van der Waals surface area contributed by atoms with Crippen molar-refractivity contribution >= 4 is 58.7 Å². The first-order valence-corrected chi connectivity index (χ1v) is 22.0. The van der Waals surface area contributed by atoms with Crippen LogP contribution in [0.5, 0.6) is 17.2 Å². The number of fused-ring (bicyclic) bond motifs is 1. The summed E-state index contributed by atoms with van der Waals surface area (Å²) in [5, 5.41) is 13.5. The number of phenols is 1. The fraction of sp³-hybridized carbons (Fsp3) is 0.435. The van der Waals surface area contributed by atoms with E-state index in [4.69, 9.17) is 36.3 Å². The molecule has 17 nitrogen and oxygen atoms in total. The molecule has 4 heterocycles. The van der Waals surface area contributed by atoms with Gasteiger partial charge in [0.15, 0.2) is 5.78 Å². The van der Waals surface area contributed by atoms with E-state index in [0.717, 1.165) is 49.7 Å². The fourth-order valence-electron chi connectivity index (χ4n) is 8.44. The van der Waals surface area contributed by atoms with Crippen LogP contribution in [0.1, 0.15) is 74.8 Å². The maximum absolute atomic E-state index is 13.4. The van der Waals surface area contributed by atoms with Crippen LogP contribution >= 0.6 is 11.6 Å². The van der Waals surface area contributed by atoms with E-state index in [-0.39, 0.29) is 60.2 Å². The molecule has 5 amide bonds. The van der Waals surface area contributed by atoms with Crippen molar-refractivity contribution in [3.8, 4) is 17.2 Å². The summed E-state index contributed by atoms with van der Waals surface area (Å²) in [6.45, 7) is 8.89. The summed E-state index contributed by atoms with van der Waals surface area (Å²) in [7, 11) is 0. The molecule has 0 aromatic heterocycles. The summed E-state index contributed by atoms with van der Waals surface area (Å²) in [5.41, 5.74) is 8.30. The number of phenolic OH excluding ortho intramolecular Hbond substituents is 1. The second-order valence-corrected chi connectivity index (χ2v) is 16.3. The van der Waals surface area contributed by atoms with Crippen molar-refractivity contribution in [1.29, 1.82) is 0 Å². The van der Waals surface area contributed by atoms with E-state index in [1.54, 1.807) is 24.3 Å². The number of aromatic hydroxyl groups is 1. The smallest absolute Gasteiger partial charge is 0.266 e. The number of likely N-dealkylation sites (tertiary alicyclic amines) is 1. The van der Waals surface area contributed by atoms with E-state index in [2.05, 4.69) is 15.1 Å². The summed E-state index contributed by atoms with van der Waals surface area (Å²) in [6.07, 6.45) is 4.65. The van der Waals surface area contributed by atoms with E-state index >= 15 is 0 Å². The minimum Gasteiger partial charge on any atom is -0.507 e. The predicted octanol–water partition coefficient (Wildman–Crippen LogP) is 3.43. The van der Waals surface area contributed by atoms with Crippen molar-refractivity contribution in [2.45, 2.75) is 51.2 Å². The van der Waals surface area contributed by atoms with Crippen LogP contribution in [0, 0.1) is 0 Å². The van der Waals surface area contributed by atoms with Gasteiger partial charge in [0.2, 0.25) is 17.7 Å². The molecular formula is C46H53ClN6O11. The summed E-state index contributed by atoms with van der Waals surface area (Å²) in [6, 6.07) is 12.1. The largest absolute Gasteiger partial charge is 0.507 e. The highest BCUT2D eigenvalue weighted by Gasteiger charge is 2.46. The molecule has 4 aliphatic rings. The van der Waals surface area contributed by atoms with Gasteiger partial charge in [-0.15, -0.1) is 0 Å². The molecule has 0 aliphatic carbocycles. The molecule has 0 saturated carbocycles. The van der Waals surface area contributed by atoms with Gasteiger partial charge in [-0.2, -0.15) is 0 Å². The Morgan fingerprint density at radius 3 is 2.39 bits per heavy atom. The third-order valence-electron chi connectivity index (χ3n) is 11.8. The van der Waals surface area contributed by atoms with Gasteiger partial charge in [0, 0.05) is 68.0 Å². The molecule has 7 rings (SSSR count). The second kappa shape index (κ2) is 21.2. The maximum Gasteiger partial charge on any atom is 0.266 e. The van der Waals surface area contributed by atoms with Gasteiger partial charge >= 0.3 is 0 Å². The molecule has 64 heavy (non-hydrogen) atoms. The number of nitrogens with zero attached hydrogens (tertiary/aromatic N) is 4. The molecule has 0 bridgehead atoms. The van der Waals surface area contributed by atoms with Crippen LogP contribution in [-0.4, -0.2) is 146 Å². The molecule has 3 aromatic rings. The minimum absolute atomic E-state index is 0.0410. The van der Waals surface area contributed by atoms with Gasteiger partial charge in [-0.25, -0.2) is 0 Å². The second-order valence-electron chi connectivity index (χ2n) is 15.9. The summed E-state index contributed by atoms with van der Waals surface area (Å²) >= 11 is 6.70. The molecule has 0 radical (unpaired) electrons. The number of rotatable bonds is 20. The highest BCUT2D eigenvalue weighted by molar-refractivity contribution is 6.32. The summed E-state index contributed by atoms with van der Waals surface area (Å²) in [4.78, 5) is 83.0. The first-order valence-electron chi connectivity index (χ1n) is 21.6. The molecule has 340 valence electrons. The summed E-state index contributed by atoms with van der Waals surface area (Å²) < 4.78 is 23.0. The number of amides is 5. The number of piperazine rings is 1. The number of piperidine rings is 1. The minimum atomic E-state index is -1.05. The SMILES string of the molecule is CCOc1cc(O)c(C(=O)/C=C/c2ccc(N3CCN(CCOCCOCCOc4cccc5c4C(=O)N(C4CCC(=O)NC4=O)C5=O)CC3)cc2Cl)cc1CN1CCC[C@H]1C(N)=O. The average Bonchev–Trinajstić information content (AvgIpc) is 3.85. The number of carbonyl (C=O) groups excluding carboxylic acids is 6. The van der Waals surface area contributed by atoms with Gasteiger partial charge in [0.25, 0.3) is 11.8 Å². The number of carbonyl (C=O) groups is 6. The molecule has 4 aliphatic heterocycles. The van der Waals surface area contributed by atoms with Crippen molar-refractivity contribution in [3.05, 3.63) is 87.4 Å². The fourth-order valence-corrected chi connectivity index (χ4v) is 8.68. The van der Waals surface area contributed by atoms with Crippen LogP contribution in [0.2, 0.25) is 5.02 Å². The molecule has 0 spiro atoms. The van der Waals surface area contributed by atoms with E-state index < -0.39 is 41.5 Å². The van der Waals surface area contributed by atoms with Crippen LogP contribution in [0.15, 0.2) is 54.6 Å². The number of imide groups is 2. The molecule has 1 unspecified atom stereocenters. The maximum atomic E-state index is 13.4. The number of ether oxygens (including phenoxy) is 4. The molecule has 3 aromatic carbocycles. The van der Waals surface area contributed by atoms with Crippen LogP contribution in [-0.2, 0) is 30.4 Å². The number of hydrogen-bond acceptors (Lipinski definition) is 14. The molecule has 3 saturated heterocycles. The van der Waals surface area contributed by atoms with Gasteiger partial charge < -0.3 is 34.7 Å². The Bertz CT molecular complexity index is 2300. The van der Waals surface area contributed by atoms with Gasteiger partial charge in [-0.05, 0) is 80.8 Å². The van der Waals surface area contributed by atoms with Gasteiger partial charge in [0.1, 0.15) is 29.9 Å². The van der Waals surface area contributed by atoms with Gasteiger partial charge in [-0.3, -0.25) is 48.8 Å². The monoisotopic (exact) mass is 900 g/mol. The Balaban J connectivity index is 0.800. The topological polar surface area (TPSA) is 211 Å². The van der Waals surface area contributed by atoms with E-state index in [1.807, 2.05) is 30.0 Å². The number of benzene rings is 3. The van der Waals surface area contributed by atoms with Crippen molar-refractivity contribution in [1.82, 2.24) is 20.0 Å². The van der Waals surface area contributed by atoms with E-state index in [9.17, 15) is 33.9 Å². The Morgan fingerprint density at radius 1 is 0.891 bits per heavy atom. The Labute approximate surface area is 376 Å². The lowest BCUT2D eigenvalue weighted by Gasteiger charge is -2.36. The number of nitrogens with two attached hydrogens (primary N) is 1. The number of ketones is 1. The molecular weight excluding hydrogens is 848 g/mol. The average molecular weight is 901 g/mol. The number of nitrogens with one attached hydrogen (secondary N) is 1. The van der Waals surface area contributed by atoms with Gasteiger partial charge in [-0.1, -0.05) is 23.7 Å². The third kappa shape index (κ3) is 10.7. The Hall–Kier alpha value is -5.85. The number of hydrogen-bond donors (Lipinski definition) is 3. The lowest BCUT2D eigenvalue weighted by atomic mass is 10.0. The molecule has 3 fully saturated rings. The highest BCUT2D eigenvalue weighted by Crippen LogP contribution is 2.35. The van der Waals surface area contributed by atoms with Crippen LogP contribution < -0.4 is 25.4 Å². The molecule has 18 heteroatoms. The number of allylic oxidation sites excluding steroid dienone is 1. The van der Waals surface area contributed by atoms with Crippen LogP contribution in [0.4, 0.5) is 5.69 Å². The number of primary amides is 1. The number of anilines is 1. The zero-order chi connectivity index (χ0) is 45.3. The molecule has 2 atom stereocenters. The van der Waals surface area contributed by atoms with Crippen LogP contribution in [0.25, 0.3) is 6.08 Å². The first-order chi connectivity index (χ1) is 30.9. The Kier molecular flexibility index (Phi) is 15.3. The van der Waals surface area contributed by atoms with Crippen LogP contribution in [0.3, 0.4) is 0 Å².